The van der Waals surface area contributed by atoms with Crippen LogP contribution >= 0.6 is 11.8 Å². The molecular weight excluding hydrogens is 290 g/mol. The highest BCUT2D eigenvalue weighted by atomic mass is 32.2. The van der Waals surface area contributed by atoms with Gasteiger partial charge in [-0.25, -0.2) is 4.39 Å². The predicted molar refractivity (Wildman–Crippen MR) is 69.9 cm³/mol. The molecule has 0 amide bonds. The van der Waals surface area contributed by atoms with E-state index in [1.165, 1.54) is 30.3 Å². The second-order valence-corrected chi connectivity index (χ2v) is 5.15. The highest BCUT2D eigenvalue weighted by Gasteiger charge is 2.34. The Morgan fingerprint density at radius 2 is 1.70 bits per heavy atom. The summed E-state index contributed by atoms with van der Waals surface area (Å²) in [4.78, 5) is 0.110. The molecule has 0 fully saturated rings. The van der Waals surface area contributed by atoms with Crippen molar-refractivity contribution in [3.05, 3.63) is 59.4 Å². The number of hydrogen-bond donors (Lipinski definition) is 1. The number of alkyl halides is 3. The van der Waals surface area contributed by atoms with Crippen LogP contribution in [0.15, 0.2) is 52.3 Å². The van der Waals surface area contributed by atoms with E-state index in [4.69, 9.17) is 5.73 Å². The van der Waals surface area contributed by atoms with Gasteiger partial charge < -0.3 is 5.73 Å². The lowest BCUT2D eigenvalue weighted by atomic mass is 10.1. The van der Waals surface area contributed by atoms with E-state index in [1.807, 2.05) is 0 Å². The summed E-state index contributed by atoms with van der Waals surface area (Å²) in [5, 5.41) is 0. The number of benzene rings is 2. The first-order chi connectivity index (χ1) is 9.41. The van der Waals surface area contributed by atoms with Gasteiger partial charge in [-0.2, -0.15) is 13.2 Å². The fourth-order valence-electron chi connectivity index (χ4n) is 1.66. The van der Waals surface area contributed by atoms with Crippen LogP contribution in [0.2, 0.25) is 0 Å². The molecule has 0 atom stereocenters. The maximum absolute atomic E-state index is 13.5. The quantitative estimate of drug-likeness (QED) is 0.847. The van der Waals surface area contributed by atoms with Crippen LogP contribution in [-0.4, -0.2) is 0 Å². The minimum absolute atomic E-state index is 0.0216. The molecule has 0 aliphatic carbocycles. The Kier molecular flexibility index (Phi) is 4.35. The van der Waals surface area contributed by atoms with Crippen LogP contribution in [0.4, 0.5) is 17.6 Å². The Morgan fingerprint density at radius 1 is 1.00 bits per heavy atom. The summed E-state index contributed by atoms with van der Waals surface area (Å²) in [7, 11) is 0. The first-order valence-corrected chi connectivity index (χ1v) is 6.56. The van der Waals surface area contributed by atoms with Crippen LogP contribution in [0.3, 0.4) is 0 Å². The summed E-state index contributed by atoms with van der Waals surface area (Å²) in [6.07, 6.45) is -4.50. The maximum Gasteiger partial charge on any atom is 0.417 e. The average Bonchev–Trinajstić information content (AvgIpc) is 2.40. The molecule has 106 valence electrons. The van der Waals surface area contributed by atoms with Crippen LogP contribution in [-0.2, 0) is 12.7 Å². The lowest BCUT2D eigenvalue weighted by Crippen LogP contribution is -2.09. The lowest BCUT2D eigenvalue weighted by Gasteiger charge is -2.14. The van der Waals surface area contributed by atoms with Crippen LogP contribution in [0, 0.1) is 5.82 Å². The largest absolute Gasteiger partial charge is 0.417 e. The van der Waals surface area contributed by atoms with Crippen LogP contribution in [0.25, 0.3) is 0 Å². The summed E-state index contributed by atoms with van der Waals surface area (Å²) in [5.74, 6) is -0.548. The van der Waals surface area contributed by atoms with Crippen molar-refractivity contribution in [2.24, 2.45) is 5.73 Å². The summed E-state index contributed by atoms with van der Waals surface area (Å²) in [5.41, 5.74) is 4.94. The molecule has 0 spiro atoms. The third-order valence-electron chi connectivity index (χ3n) is 2.64. The Hall–Kier alpha value is -1.53. The molecule has 0 saturated carbocycles. The summed E-state index contributed by atoms with van der Waals surface area (Å²) >= 11 is 0.751. The molecule has 0 heterocycles. The molecule has 2 rings (SSSR count). The smallest absolute Gasteiger partial charge is 0.326 e. The number of rotatable bonds is 3. The van der Waals surface area contributed by atoms with E-state index in [1.54, 1.807) is 6.07 Å². The SMILES string of the molecule is NCc1ccc(Sc2ccccc2F)c(C(F)(F)F)c1. The molecular formula is C14H11F4NS. The first kappa shape index (κ1) is 14.9. The van der Waals surface area contributed by atoms with Crippen molar-refractivity contribution in [1.29, 1.82) is 0 Å². The molecule has 1 nitrogen and oxygen atoms in total. The van der Waals surface area contributed by atoms with E-state index in [0.717, 1.165) is 17.8 Å². The van der Waals surface area contributed by atoms with E-state index in [0.29, 0.717) is 5.56 Å². The molecule has 0 saturated heterocycles. The summed E-state index contributed by atoms with van der Waals surface area (Å²) < 4.78 is 52.6. The van der Waals surface area contributed by atoms with Gasteiger partial charge in [-0.15, -0.1) is 0 Å². The summed E-state index contributed by atoms with van der Waals surface area (Å²) in [6.45, 7) is 0.0216. The number of hydrogen-bond acceptors (Lipinski definition) is 2. The van der Waals surface area contributed by atoms with Gasteiger partial charge in [-0.05, 0) is 29.8 Å². The maximum atomic E-state index is 13.5. The van der Waals surface area contributed by atoms with Crippen molar-refractivity contribution in [3.63, 3.8) is 0 Å². The Bertz CT molecular complexity index is 610. The molecule has 0 bridgehead atoms. The van der Waals surface area contributed by atoms with Gasteiger partial charge >= 0.3 is 6.18 Å². The molecule has 6 heteroatoms. The molecule has 0 aromatic heterocycles. The molecule has 0 radical (unpaired) electrons. The molecule has 2 aromatic rings. The Labute approximate surface area is 117 Å². The number of halogens is 4. The van der Waals surface area contributed by atoms with Crippen molar-refractivity contribution in [1.82, 2.24) is 0 Å². The third kappa shape index (κ3) is 3.32. The highest BCUT2D eigenvalue weighted by Crippen LogP contribution is 2.40. The van der Waals surface area contributed by atoms with Gasteiger partial charge in [0.15, 0.2) is 0 Å². The summed E-state index contributed by atoms with van der Waals surface area (Å²) in [6, 6.07) is 9.55. The van der Waals surface area contributed by atoms with E-state index in [2.05, 4.69) is 0 Å². The van der Waals surface area contributed by atoms with Crippen LogP contribution in [0.5, 0.6) is 0 Å². The van der Waals surface area contributed by atoms with Crippen molar-refractivity contribution in [3.8, 4) is 0 Å². The fraction of sp³-hybridized carbons (Fsp3) is 0.143. The molecule has 0 unspecified atom stereocenters. The Morgan fingerprint density at radius 3 is 2.30 bits per heavy atom. The second-order valence-electron chi connectivity index (χ2n) is 4.06. The monoisotopic (exact) mass is 301 g/mol. The zero-order chi connectivity index (χ0) is 14.8. The molecule has 2 aromatic carbocycles. The zero-order valence-corrected chi connectivity index (χ0v) is 11.1. The van der Waals surface area contributed by atoms with Crippen LogP contribution in [0.1, 0.15) is 11.1 Å². The Balaban J connectivity index is 2.44. The van der Waals surface area contributed by atoms with E-state index in [9.17, 15) is 17.6 Å². The zero-order valence-electron chi connectivity index (χ0n) is 10.2. The van der Waals surface area contributed by atoms with E-state index in [-0.39, 0.29) is 16.3 Å². The van der Waals surface area contributed by atoms with Gasteiger partial charge in [0.2, 0.25) is 0 Å². The highest BCUT2D eigenvalue weighted by molar-refractivity contribution is 7.99. The molecule has 0 aliphatic rings. The minimum atomic E-state index is -4.50. The first-order valence-electron chi connectivity index (χ1n) is 5.74. The normalized spacial score (nSPS) is 11.7. The van der Waals surface area contributed by atoms with Gasteiger partial charge in [-0.3, -0.25) is 0 Å². The molecule has 20 heavy (non-hydrogen) atoms. The van der Waals surface area contributed by atoms with E-state index >= 15 is 0 Å². The topological polar surface area (TPSA) is 26.0 Å². The van der Waals surface area contributed by atoms with E-state index < -0.39 is 17.6 Å². The van der Waals surface area contributed by atoms with Crippen LogP contribution < -0.4 is 5.73 Å². The van der Waals surface area contributed by atoms with Crippen molar-refractivity contribution >= 4 is 11.8 Å². The number of nitrogens with two attached hydrogens (primary N) is 1. The lowest BCUT2D eigenvalue weighted by molar-refractivity contribution is -0.139. The standard InChI is InChI=1S/C14H11F4NS/c15-11-3-1-2-4-13(11)20-12-6-5-9(8-19)7-10(12)14(16,17)18/h1-7H,8,19H2. The molecule has 0 aliphatic heterocycles. The predicted octanol–water partition coefficient (Wildman–Crippen LogP) is 4.45. The fourth-order valence-corrected chi connectivity index (χ4v) is 2.63. The van der Waals surface area contributed by atoms with Gasteiger partial charge in [-0.1, -0.05) is 30.0 Å². The average molecular weight is 301 g/mol. The van der Waals surface area contributed by atoms with Crippen molar-refractivity contribution < 1.29 is 17.6 Å². The molecule has 2 N–H and O–H groups in total. The van der Waals surface area contributed by atoms with Gasteiger partial charge in [0.1, 0.15) is 5.82 Å². The van der Waals surface area contributed by atoms with Crippen molar-refractivity contribution in [2.45, 2.75) is 22.5 Å². The van der Waals surface area contributed by atoms with Crippen molar-refractivity contribution in [2.75, 3.05) is 0 Å². The van der Waals surface area contributed by atoms with Gasteiger partial charge in [0.05, 0.1) is 5.56 Å². The third-order valence-corrected chi connectivity index (χ3v) is 3.77. The van der Waals surface area contributed by atoms with Gasteiger partial charge in [0, 0.05) is 16.3 Å². The minimum Gasteiger partial charge on any atom is -0.326 e. The van der Waals surface area contributed by atoms with Gasteiger partial charge in [0.25, 0.3) is 0 Å². The second kappa shape index (κ2) is 5.85.